The van der Waals surface area contributed by atoms with E-state index in [1.807, 2.05) is 11.8 Å². The van der Waals surface area contributed by atoms with Crippen LogP contribution in [0.4, 0.5) is 9.93 Å². The van der Waals surface area contributed by atoms with E-state index in [4.69, 9.17) is 0 Å². The van der Waals surface area contributed by atoms with Crippen LogP contribution in [0.5, 0.6) is 0 Å². The predicted octanol–water partition coefficient (Wildman–Crippen LogP) is 2.64. The molecule has 1 saturated carbocycles. The molecule has 5 nitrogen and oxygen atoms in total. The van der Waals surface area contributed by atoms with E-state index >= 15 is 0 Å². The van der Waals surface area contributed by atoms with Crippen molar-refractivity contribution in [3.05, 3.63) is 5.82 Å². The van der Waals surface area contributed by atoms with E-state index < -0.39 is 0 Å². The Labute approximate surface area is 111 Å². The molecule has 2 heterocycles. The second-order valence-corrected chi connectivity index (χ2v) is 6.21. The molecule has 1 aliphatic heterocycles. The molecule has 1 saturated heterocycles. The van der Waals surface area contributed by atoms with Gasteiger partial charge in [0.25, 0.3) is 0 Å². The fourth-order valence-electron chi connectivity index (χ4n) is 3.16. The predicted molar refractivity (Wildman–Crippen MR) is 70.8 cm³/mol. The SMILES string of the molecule is Cc1nsc(NC(=O)N2CCC3(CCCC3)C2)n1. The van der Waals surface area contributed by atoms with Gasteiger partial charge in [-0.2, -0.15) is 4.37 Å². The minimum atomic E-state index is -0.0186. The topological polar surface area (TPSA) is 58.1 Å². The van der Waals surface area contributed by atoms with Crippen LogP contribution in [-0.2, 0) is 0 Å². The largest absolute Gasteiger partial charge is 0.324 e. The number of carbonyl (C=O) groups is 1. The van der Waals surface area contributed by atoms with Gasteiger partial charge in [0.1, 0.15) is 5.82 Å². The third kappa shape index (κ3) is 2.21. The van der Waals surface area contributed by atoms with Gasteiger partial charge in [-0.1, -0.05) is 12.8 Å². The zero-order valence-electron chi connectivity index (χ0n) is 10.6. The van der Waals surface area contributed by atoms with Crippen molar-refractivity contribution in [1.82, 2.24) is 14.3 Å². The van der Waals surface area contributed by atoms with Gasteiger partial charge < -0.3 is 4.90 Å². The van der Waals surface area contributed by atoms with Crippen molar-refractivity contribution in [1.29, 1.82) is 0 Å². The van der Waals surface area contributed by atoms with Crippen LogP contribution in [-0.4, -0.2) is 33.4 Å². The van der Waals surface area contributed by atoms with Crippen LogP contribution in [0.3, 0.4) is 0 Å². The van der Waals surface area contributed by atoms with Gasteiger partial charge in [-0.25, -0.2) is 9.78 Å². The Hall–Kier alpha value is -1.17. The second-order valence-electron chi connectivity index (χ2n) is 5.46. The number of nitrogens with zero attached hydrogens (tertiary/aromatic N) is 3. The minimum Gasteiger partial charge on any atom is -0.324 e. The lowest BCUT2D eigenvalue weighted by atomic mass is 9.86. The molecule has 2 fully saturated rings. The quantitative estimate of drug-likeness (QED) is 0.850. The number of anilines is 1. The highest BCUT2D eigenvalue weighted by atomic mass is 32.1. The zero-order valence-corrected chi connectivity index (χ0v) is 11.4. The first-order chi connectivity index (χ1) is 8.67. The third-order valence-electron chi connectivity index (χ3n) is 4.13. The molecule has 0 atom stereocenters. The van der Waals surface area contributed by atoms with Crippen LogP contribution >= 0.6 is 11.5 Å². The van der Waals surface area contributed by atoms with Gasteiger partial charge in [-0.15, -0.1) is 0 Å². The number of rotatable bonds is 1. The van der Waals surface area contributed by atoms with Crippen molar-refractivity contribution < 1.29 is 4.79 Å². The Kier molecular flexibility index (Phi) is 2.97. The fraction of sp³-hybridized carbons (Fsp3) is 0.750. The van der Waals surface area contributed by atoms with Crippen molar-refractivity contribution in [3.63, 3.8) is 0 Å². The third-order valence-corrected chi connectivity index (χ3v) is 4.85. The molecule has 0 radical (unpaired) electrons. The number of carbonyl (C=O) groups excluding carboxylic acids is 1. The Balaban J connectivity index is 1.60. The molecule has 1 N–H and O–H groups in total. The summed E-state index contributed by atoms with van der Waals surface area (Å²) in [6, 6.07) is -0.0186. The number of urea groups is 1. The number of amides is 2. The maximum Gasteiger partial charge on any atom is 0.323 e. The highest BCUT2D eigenvalue weighted by Crippen LogP contribution is 2.45. The molecule has 0 bridgehead atoms. The summed E-state index contributed by atoms with van der Waals surface area (Å²) in [5, 5.41) is 3.44. The van der Waals surface area contributed by atoms with Gasteiger partial charge in [0.2, 0.25) is 5.13 Å². The average Bonchev–Trinajstić information content (AvgIpc) is 3.04. The highest BCUT2D eigenvalue weighted by Gasteiger charge is 2.41. The van der Waals surface area contributed by atoms with Crippen LogP contribution in [0.25, 0.3) is 0 Å². The maximum absolute atomic E-state index is 12.1. The van der Waals surface area contributed by atoms with Crippen LogP contribution in [0, 0.1) is 12.3 Å². The number of nitrogens with one attached hydrogen (secondary N) is 1. The number of likely N-dealkylation sites (tertiary alicyclic amines) is 1. The number of hydrogen-bond acceptors (Lipinski definition) is 4. The molecule has 2 amide bonds. The lowest BCUT2D eigenvalue weighted by Gasteiger charge is -2.23. The summed E-state index contributed by atoms with van der Waals surface area (Å²) < 4.78 is 4.06. The number of aromatic nitrogens is 2. The lowest BCUT2D eigenvalue weighted by molar-refractivity contribution is 0.213. The minimum absolute atomic E-state index is 0.0186. The van der Waals surface area contributed by atoms with Crippen LogP contribution in [0.15, 0.2) is 0 Å². The van der Waals surface area contributed by atoms with E-state index in [0.717, 1.165) is 19.5 Å². The molecule has 2 aliphatic rings. The van der Waals surface area contributed by atoms with E-state index in [-0.39, 0.29) is 6.03 Å². The summed E-state index contributed by atoms with van der Waals surface area (Å²) in [5.74, 6) is 0.712. The molecule has 6 heteroatoms. The van der Waals surface area contributed by atoms with Crippen molar-refractivity contribution in [2.24, 2.45) is 5.41 Å². The molecule has 0 aromatic carbocycles. The van der Waals surface area contributed by atoms with Gasteiger partial charge in [-0.3, -0.25) is 5.32 Å². The highest BCUT2D eigenvalue weighted by molar-refractivity contribution is 7.09. The van der Waals surface area contributed by atoms with E-state index in [9.17, 15) is 4.79 Å². The fourth-order valence-corrected chi connectivity index (χ4v) is 3.73. The molecule has 1 aliphatic carbocycles. The normalized spacial score (nSPS) is 21.7. The zero-order chi connectivity index (χ0) is 12.6. The average molecular weight is 266 g/mol. The summed E-state index contributed by atoms with van der Waals surface area (Å²) in [5.41, 5.74) is 0.425. The Bertz CT molecular complexity index is 453. The summed E-state index contributed by atoms with van der Waals surface area (Å²) in [6.45, 7) is 3.62. The number of aryl methyl sites for hydroxylation is 1. The van der Waals surface area contributed by atoms with Crippen molar-refractivity contribution in [2.45, 2.75) is 39.0 Å². The van der Waals surface area contributed by atoms with Crippen molar-refractivity contribution in [2.75, 3.05) is 18.4 Å². The molecule has 98 valence electrons. The molecule has 1 aromatic rings. The Morgan fingerprint density at radius 2 is 2.17 bits per heavy atom. The first-order valence-electron chi connectivity index (χ1n) is 6.53. The smallest absolute Gasteiger partial charge is 0.323 e. The molecule has 3 rings (SSSR count). The molecular weight excluding hydrogens is 248 g/mol. The molecule has 1 aromatic heterocycles. The molecule has 1 spiro atoms. The van der Waals surface area contributed by atoms with Crippen LogP contribution in [0.1, 0.15) is 37.9 Å². The first kappa shape index (κ1) is 11.9. The standard InChI is InChI=1S/C12H18N4OS/c1-9-13-10(18-15-9)14-11(17)16-7-6-12(8-16)4-2-3-5-12/h2-8H2,1H3,(H,13,14,15,17). The van der Waals surface area contributed by atoms with Gasteiger partial charge in [0.15, 0.2) is 0 Å². The first-order valence-corrected chi connectivity index (χ1v) is 7.31. The summed E-state index contributed by atoms with van der Waals surface area (Å²) in [4.78, 5) is 18.2. The van der Waals surface area contributed by atoms with Crippen LogP contribution in [0.2, 0.25) is 0 Å². The summed E-state index contributed by atoms with van der Waals surface area (Å²) >= 11 is 1.24. The lowest BCUT2D eigenvalue weighted by Crippen LogP contribution is -2.34. The summed E-state index contributed by atoms with van der Waals surface area (Å²) in [7, 11) is 0. The van der Waals surface area contributed by atoms with Crippen molar-refractivity contribution >= 4 is 22.7 Å². The Morgan fingerprint density at radius 3 is 2.83 bits per heavy atom. The molecule has 0 unspecified atom stereocenters. The molecule has 18 heavy (non-hydrogen) atoms. The second kappa shape index (κ2) is 4.50. The van der Waals surface area contributed by atoms with Gasteiger partial charge in [0, 0.05) is 24.6 Å². The van der Waals surface area contributed by atoms with E-state index in [2.05, 4.69) is 14.7 Å². The van der Waals surface area contributed by atoms with E-state index in [1.54, 1.807) is 0 Å². The van der Waals surface area contributed by atoms with Crippen molar-refractivity contribution in [3.8, 4) is 0 Å². The van der Waals surface area contributed by atoms with E-state index in [1.165, 1.54) is 37.2 Å². The maximum atomic E-state index is 12.1. The van der Waals surface area contributed by atoms with Gasteiger partial charge in [-0.05, 0) is 31.6 Å². The Morgan fingerprint density at radius 1 is 1.39 bits per heavy atom. The summed E-state index contributed by atoms with van der Waals surface area (Å²) in [6.07, 6.45) is 6.38. The van der Waals surface area contributed by atoms with Crippen LogP contribution < -0.4 is 5.32 Å². The van der Waals surface area contributed by atoms with Gasteiger partial charge >= 0.3 is 6.03 Å². The van der Waals surface area contributed by atoms with E-state index in [0.29, 0.717) is 16.4 Å². The monoisotopic (exact) mass is 266 g/mol. The molecular formula is C12H18N4OS. The number of hydrogen-bond donors (Lipinski definition) is 1. The van der Waals surface area contributed by atoms with Gasteiger partial charge in [0.05, 0.1) is 0 Å².